The van der Waals surface area contributed by atoms with Crippen LogP contribution >= 0.6 is 11.6 Å². The van der Waals surface area contributed by atoms with Crippen molar-refractivity contribution in [2.45, 2.75) is 0 Å². The van der Waals surface area contributed by atoms with Crippen LogP contribution in [0.4, 0.5) is 5.69 Å². The molecule has 0 saturated carbocycles. The zero-order valence-electron chi connectivity index (χ0n) is 13.0. The number of piperazine rings is 1. The van der Waals surface area contributed by atoms with Crippen LogP contribution in [0.3, 0.4) is 0 Å². The lowest BCUT2D eigenvalue weighted by Crippen LogP contribution is -2.51. The number of nitriles is 1. The predicted molar refractivity (Wildman–Crippen MR) is 89.7 cm³/mol. The Morgan fingerprint density at radius 2 is 1.96 bits per heavy atom. The SMILES string of the molecule is C=CC(=O)N1CCN(C(=O)CNc2cc(C#N)c(Cl)cc2O)CC1. The third-order valence-electron chi connectivity index (χ3n) is 3.75. The van der Waals surface area contributed by atoms with Crippen LogP contribution in [0.1, 0.15) is 5.56 Å². The number of nitrogens with one attached hydrogen (secondary N) is 1. The molecule has 2 N–H and O–H groups in total. The van der Waals surface area contributed by atoms with Crippen molar-refractivity contribution in [3.8, 4) is 11.8 Å². The van der Waals surface area contributed by atoms with Gasteiger partial charge in [-0.1, -0.05) is 18.2 Å². The van der Waals surface area contributed by atoms with E-state index in [1.165, 1.54) is 18.2 Å². The molecule has 0 atom stereocenters. The quantitative estimate of drug-likeness (QED) is 0.629. The predicted octanol–water partition coefficient (Wildman–Crippen LogP) is 1.19. The summed E-state index contributed by atoms with van der Waals surface area (Å²) in [6.45, 7) is 5.21. The van der Waals surface area contributed by atoms with E-state index in [0.717, 1.165) is 0 Å². The van der Waals surface area contributed by atoms with Crippen LogP contribution in [0.5, 0.6) is 5.75 Å². The summed E-state index contributed by atoms with van der Waals surface area (Å²) in [5.74, 6) is -0.433. The van der Waals surface area contributed by atoms with Crippen molar-refractivity contribution < 1.29 is 14.7 Å². The second kappa shape index (κ2) is 7.70. The lowest BCUT2D eigenvalue weighted by atomic mass is 10.2. The summed E-state index contributed by atoms with van der Waals surface area (Å²) in [4.78, 5) is 27.0. The number of carbonyl (C=O) groups is 2. The topological polar surface area (TPSA) is 96.7 Å². The number of phenolic OH excluding ortho intramolecular Hbond substituents is 1. The van der Waals surface area contributed by atoms with Gasteiger partial charge in [0.05, 0.1) is 22.8 Å². The first kappa shape index (κ1) is 17.6. The molecule has 0 radical (unpaired) electrons. The number of halogens is 1. The number of rotatable bonds is 4. The fourth-order valence-electron chi connectivity index (χ4n) is 2.38. The summed E-state index contributed by atoms with van der Waals surface area (Å²) in [5.41, 5.74) is 0.478. The number of carbonyl (C=O) groups excluding carboxylic acids is 2. The van der Waals surface area contributed by atoms with Crippen molar-refractivity contribution in [2.75, 3.05) is 38.0 Å². The summed E-state index contributed by atoms with van der Waals surface area (Å²) in [6.07, 6.45) is 1.26. The van der Waals surface area contributed by atoms with E-state index >= 15 is 0 Å². The molecule has 1 aliphatic rings. The molecule has 1 aromatic carbocycles. The number of phenols is 1. The number of hydrogen-bond acceptors (Lipinski definition) is 5. The van der Waals surface area contributed by atoms with E-state index in [9.17, 15) is 14.7 Å². The summed E-state index contributed by atoms with van der Waals surface area (Å²) in [7, 11) is 0. The van der Waals surface area contributed by atoms with Gasteiger partial charge in [-0.05, 0) is 12.1 Å². The molecule has 2 rings (SSSR count). The minimum Gasteiger partial charge on any atom is -0.506 e. The first-order chi connectivity index (χ1) is 11.5. The highest BCUT2D eigenvalue weighted by Gasteiger charge is 2.22. The molecule has 1 fully saturated rings. The maximum atomic E-state index is 12.2. The van der Waals surface area contributed by atoms with Gasteiger partial charge in [0, 0.05) is 32.2 Å². The maximum absolute atomic E-state index is 12.2. The van der Waals surface area contributed by atoms with Gasteiger partial charge in [0.1, 0.15) is 11.8 Å². The van der Waals surface area contributed by atoms with Crippen molar-refractivity contribution in [3.05, 3.63) is 35.4 Å². The van der Waals surface area contributed by atoms with Crippen LogP contribution in [0.15, 0.2) is 24.8 Å². The number of nitrogens with zero attached hydrogens (tertiary/aromatic N) is 3. The van der Waals surface area contributed by atoms with Gasteiger partial charge in [-0.3, -0.25) is 9.59 Å². The average molecular weight is 349 g/mol. The molecule has 0 aromatic heterocycles. The van der Waals surface area contributed by atoms with Gasteiger partial charge in [0.2, 0.25) is 11.8 Å². The van der Waals surface area contributed by atoms with E-state index in [-0.39, 0.29) is 40.4 Å². The Hall–Kier alpha value is -2.72. The van der Waals surface area contributed by atoms with E-state index in [1.54, 1.807) is 9.80 Å². The standard InChI is InChI=1S/C16H17ClN4O3/c1-2-15(23)20-3-5-21(6-4-20)16(24)10-19-13-7-11(9-18)12(17)8-14(13)22/h2,7-8,19,22H,1,3-6,10H2. The highest BCUT2D eigenvalue weighted by molar-refractivity contribution is 6.32. The first-order valence-electron chi connectivity index (χ1n) is 7.32. The average Bonchev–Trinajstić information content (AvgIpc) is 2.60. The zero-order valence-corrected chi connectivity index (χ0v) is 13.7. The van der Waals surface area contributed by atoms with Crippen molar-refractivity contribution in [3.63, 3.8) is 0 Å². The molecule has 1 aliphatic heterocycles. The van der Waals surface area contributed by atoms with E-state index in [2.05, 4.69) is 11.9 Å². The second-order valence-corrected chi connectivity index (χ2v) is 5.63. The Labute approximate surface area is 144 Å². The van der Waals surface area contributed by atoms with Gasteiger partial charge in [-0.2, -0.15) is 5.26 Å². The normalized spacial score (nSPS) is 14.0. The van der Waals surface area contributed by atoms with Crippen molar-refractivity contribution >= 4 is 29.1 Å². The summed E-state index contributed by atoms with van der Waals surface area (Å²) in [6, 6.07) is 4.56. The van der Waals surface area contributed by atoms with Crippen LogP contribution in [-0.2, 0) is 9.59 Å². The molecule has 0 unspecified atom stereocenters. The van der Waals surface area contributed by atoms with Gasteiger partial charge in [-0.25, -0.2) is 0 Å². The monoisotopic (exact) mass is 348 g/mol. The third-order valence-corrected chi connectivity index (χ3v) is 4.07. The summed E-state index contributed by atoms with van der Waals surface area (Å²) < 4.78 is 0. The molecule has 1 saturated heterocycles. The highest BCUT2D eigenvalue weighted by atomic mass is 35.5. The number of aromatic hydroxyl groups is 1. The summed E-state index contributed by atoms with van der Waals surface area (Å²) in [5, 5.41) is 21.7. The van der Waals surface area contributed by atoms with Crippen LogP contribution in [0.25, 0.3) is 0 Å². The molecule has 0 spiro atoms. The van der Waals surface area contributed by atoms with Crippen molar-refractivity contribution in [1.29, 1.82) is 5.26 Å². The molecule has 1 aromatic rings. The fourth-order valence-corrected chi connectivity index (χ4v) is 2.58. The smallest absolute Gasteiger partial charge is 0.246 e. The highest BCUT2D eigenvalue weighted by Crippen LogP contribution is 2.29. The van der Waals surface area contributed by atoms with E-state index in [1.807, 2.05) is 6.07 Å². The van der Waals surface area contributed by atoms with E-state index in [0.29, 0.717) is 26.2 Å². The van der Waals surface area contributed by atoms with Crippen molar-refractivity contribution in [1.82, 2.24) is 9.80 Å². The molecule has 7 nitrogen and oxygen atoms in total. The number of amides is 2. The molecule has 2 amide bonds. The van der Waals surface area contributed by atoms with E-state index < -0.39 is 0 Å². The summed E-state index contributed by atoms with van der Waals surface area (Å²) >= 11 is 5.81. The van der Waals surface area contributed by atoms with Gasteiger partial charge in [0.15, 0.2) is 0 Å². The van der Waals surface area contributed by atoms with E-state index in [4.69, 9.17) is 16.9 Å². The minimum absolute atomic E-state index is 0.0323. The number of hydrogen-bond donors (Lipinski definition) is 2. The zero-order chi connectivity index (χ0) is 17.7. The molecule has 1 heterocycles. The largest absolute Gasteiger partial charge is 0.506 e. The Morgan fingerprint density at radius 1 is 1.33 bits per heavy atom. The molecule has 0 bridgehead atoms. The lowest BCUT2D eigenvalue weighted by Gasteiger charge is -2.34. The molecular formula is C16H17ClN4O3. The second-order valence-electron chi connectivity index (χ2n) is 5.22. The fraction of sp³-hybridized carbons (Fsp3) is 0.312. The number of benzene rings is 1. The van der Waals surface area contributed by atoms with Crippen LogP contribution < -0.4 is 5.32 Å². The lowest BCUT2D eigenvalue weighted by molar-refractivity contribution is -0.135. The van der Waals surface area contributed by atoms with Gasteiger partial charge in [0.25, 0.3) is 0 Å². The molecule has 8 heteroatoms. The maximum Gasteiger partial charge on any atom is 0.246 e. The Bertz CT molecular complexity index is 706. The van der Waals surface area contributed by atoms with Crippen LogP contribution in [-0.4, -0.2) is 59.4 Å². The molecule has 126 valence electrons. The Kier molecular flexibility index (Phi) is 5.66. The molecule has 24 heavy (non-hydrogen) atoms. The Balaban J connectivity index is 1.92. The third kappa shape index (κ3) is 3.97. The van der Waals surface area contributed by atoms with Crippen LogP contribution in [0.2, 0.25) is 5.02 Å². The molecule has 0 aliphatic carbocycles. The van der Waals surface area contributed by atoms with Gasteiger partial charge >= 0.3 is 0 Å². The minimum atomic E-state index is -0.159. The van der Waals surface area contributed by atoms with Gasteiger partial charge < -0.3 is 20.2 Å². The number of anilines is 1. The van der Waals surface area contributed by atoms with Crippen molar-refractivity contribution in [2.24, 2.45) is 0 Å². The van der Waals surface area contributed by atoms with Crippen LogP contribution in [0, 0.1) is 11.3 Å². The molecular weight excluding hydrogens is 332 g/mol. The Morgan fingerprint density at radius 3 is 2.54 bits per heavy atom. The van der Waals surface area contributed by atoms with Gasteiger partial charge in [-0.15, -0.1) is 0 Å². The first-order valence-corrected chi connectivity index (χ1v) is 7.69.